The van der Waals surface area contributed by atoms with Gasteiger partial charge in [-0.25, -0.2) is 4.79 Å². The van der Waals surface area contributed by atoms with Gasteiger partial charge < -0.3 is 10.1 Å². The fourth-order valence-electron chi connectivity index (χ4n) is 2.33. The van der Waals surface area contributed by atoms with Gasteiger partial charge in [-0.3, -0.25) is 9.89 Å². The first-order chi connectivity index (χ1) is 12.2. The van der Waals surface area contributed by atoms with Gasteiger partial charge in [0.2, 0.25) is 0 Å². The molecule has 1 amide bonds. The molecular weight excluding hydrogens is 338 g/mol. The molecule has 1 aromatic carbocycles. The highest BCUT2D eigenvalue weighted by Crippen LogP contribution is 2.22. The number of thiophene rings is 1. The number of methoxy groups -OCH3 is 1. The van der Waals surface area contributed by atoms with Gasteiger partial charge in [0.1, 0.15) is 0 Å². The van der Waals surface area contributed by atoms with Crippen molar-refractivity contribution in [1.82, 2.24) is 15.5 Å². The molecule has 2 aromatic heterocycles. The third-order valence-corrected chi connectivity index (χ3v) is 4.57. The Morgan fingerprint density at radius 3 is 2.72 bits per heavy atom. The van der Waals surface area contributed by atoms with Crippen LogP contribution in [0.3, 0.4) is 0 Å². The van der Waals surface area contributed by atoms with Crippen LogP contribution in [0.15, 0.2) is 47.8 Å². The number of nitrogens with one attached hydrogen (secondary N) is 2. The summed E-state index contributed by atoms with van der Waals surface area (Å²) in [5.41, 5.74) is 2.73. The monoisotopic (exact) mass is 355 g/mol. The first kappa shape index (κ1) is 16.9. The summed E-state index contributed by atoms with van der Waals surface area (Å²) in [5.74, 6) is -0.579. The Morgan fingerprint density at radius 2 is 2.04 bits per heavy atom. The SMILES string of the molecule is COC(=O)c1ccc(CCNC(=O)c2cc(-c3cccs3)[nH]n2)cc1. The van der Waals surface area contributed by atoms with Crippen LogP contribution in [0.1, 0.15) is 26.4 Å². The second kappa shape index (κ2) is 7.76. The van der Waals surface area contributed by atoms with Crippen LogP contribution in [0.25, 0.3) is 10.6 Å². The molecule has 6 nitrogen and oxygen atoms in total. The number of carbonyl (C=O) groups is 2. The zero-order valence-corrected chi connectivity index (χ0v) is 14.4. The van der Waals surface area contributed by atoms with E-state index < -0.39 is 0 Å². The van der Waals surface area contributed by atoms with Crippen molar-refractivity contribution in [3.05, 3.63) is 64.7 Å². The molecule has 0 radical (unpaired) electrons. The second-order valence-electron chi connectivity index (χ2n) is 5.34. The largest absolute Gasteiger partial charge is 0.465 e. The zero-order chi connectivity index (χ0) is 17.6. The summed E-state index contributed by atoms with van der Waals surface area (Å²) in [6.07, 6.45) is 0.662. The number of benzene rings is 1. The van der Waals surface area contributed by atoms with Crippen molar-refractivity contribution in [2.45, 2.75) is 6.42 Å². The number of amides is 1. The van der Waals surface area contributed by atoms with Gasteiger partial charge in [-0.2, -0.15) is 5.10 Å². The molecule has 0 saturated carbocycles. The molecule has 0 unspecified atom stereocenters. The van der Waals surface area contributed by atoms with E-state index >= 15 is 0 Å². The highest BCUT2D eigenvalue weighted by molar-refractivity contribution is 7.13. The van der Waals surface area contributed by atoms with Gasteiger partial charge in [0.25, 0.3) is 5.91 Å². The zero-order valence-electron chi connectivity index (χ0n) is 13.6. The van der Waals surface area contributed by atoms with Gasteiger partial charge in [0.15, 0.2) is 5.69 Å². The van der Waals surface area contributed by atoms with Crippen LogP contribution < -0.4 is 5.32 Å². The minimum Gasteiger partial charge on any atom is -0.465 e. The van der Waals surface area contributed by atoms with E-state index in [1.807, 2.05) is 29.6 Å². The summed E-state index contributed by atoms with van der Waals surface area (Å²) < 4.78 is 4.66. The van der Waals surface area contributed by atoms with Crippen molar-refractivity contribution < 1.29 is 14.3 Å². The van der Waals surface area contributed by atoms with Gasteiger partial charge in [-0.15, -0.1) is 11.3 Å². The smallest absolute Gasteiger partial charge is 0.337 e. The maximum atomic E-state index is 12.1. The number of aromatic amines is 1. The van der Waals surface area contributed by atoms with Crippen molar-refractivity contribution in [2.24, 2.45) is 0 Å². The molecule has 0 spiro atoms. The molecular formula is C18H17N3O3S. The summed E-state index contributed by atoms with van der Waals surface area (Å²) in [4.78, 5) is 24.6. The Morgan fingerprint density at radius 1 is 1.24 bits per heavy atom. The van der Waals surface area contributed by atoms with Crippen LogP contribution >= 0.6 is 11.3 Å². The molecule has 2 N–H and O–H groups in total. The van der Waals surface area contributed by atoms with Crippen LogP contribution in [-0.4, -0.2) is 35.7 Å². The van der Waals surface area contributed by atoms with Gasteiger partial charge in [0.05, 0.1) is 23.2 Å². The fraction of sp³-hybridized carbons (Fsp3) is 0.167. The third kappa shape index (κ3) is 4.13. The Labute approximate surface area is 148 Å². The normalized spacial score (nSPS) is 10.4. The third-order valence-electron chi connectivity index (χ3n) is 3.67. The molecule has 0 aliphatic rings. The molecule has 3 aromatic rings. The van der Waals surface area contributed by atoms with Crippen molar-refractivity contribution in [1.29, 1.82) is 0 Å². The topological polar surface area (TPSA) is 84.1 Å². The summed E-state index contributed by atoms with van der Waals surface area (Å²) in [5, 5.41) is 11.8. The van der Waals surface area contributed by atoms with Crippen LogP contribution in [0.5, 0.6) is 0 Å². The van der Waals surface area contributed by atoms with E-state index in [1.54, 1.807) is 29.5 Å². The van der Waals surface area contributed by atoms with E-state index in [9.17, 15) is 9.59 Å². The molecule has 2 heterocycles. The number of H-pyrrole nitrogens is 1. The van der Waals surface area contributed by atoms with Crippen LogP contribution in [0.4, 0.5) is 0 Å². The summed E-state index contributed by atoms with van der Waals surface area (Å²) in [7, 11) is 1.35. The Kier molecular flexibility index (Phi) is 5.25. The average molecular weight is 355 g/mol. The van der Waals surface area contributed by atoms with Crippen molar-refractivity contribution in [3.63, 3.8) is 0 Å². The first-order valence-electron chi connectivity index (χ1n) is 7.72. The van der Waals surface area contributed by atoms with E-state index in [-0.39, 0.29) is 11.9 Å². The minimum atomic E-state index is -0.361. The van der Waals surface area contributed by atoms with E-state index in [0.717, 1.165) is 16.1 Å². The van der Waals surface area contributed by atoms with Crippen molar-refractivity contribution >= 4 is 23.2 Å². The van der Waals surface area contributed by atoms with E-state index in [0.29, 0.717) is 24.2 Å². The summed E-state index contributed by atoms with van der Waals surface area (Å²) in [6.45, 7) is 0.484. The Balaban J connectivity index is 1.52. The highest BCUT2D eigenvalue weighted by Gasteiger charge is 2.11. The van der Waals surface area contributed by atoms with E-state index in [2.05, 4.69) is 20.3 Å². The molecule has 0 fully saturated rings. The molecule has 7 heteroatoms. The van der Waals surface area contributed by atoms with Crippen LogP contribution in [0, 0.1) is 0 Å². The average Bonchev–Trinajstić information content (AvgIpc) is 3.32. The van der Waals surface area contributed by atoms with Crippen LogP contribution in [0.2, 0.25) is 0 Å². The molecule has 0 saturated heterocycles. The lowest BCUT2D eigenvalue weighted by Crippen LogP contribution is -2.26. The number of nitrogens with zero attached hydrogens (tertiary/aromatic N) is 1. The Bertz CT molecular complexity index is 854. The molecule has 3 rings (SSSR count). The van der Waals surface area contributed by atoms with Crippen molar-refractivity contribution in [2.75, 3.05) is 13.7 Å². The number of rotatable bonds is 6. The van der Waals surface area contributed by atoms with Crippen molar-refractivity contribution in [3.8, 4) is 10.6 Å². The van der Waals surface area contributed by atoms with Gasteiger partial charge in [-0.05, 0) is 41.6 Å². The molecule has 0 aliphatic carbocycles. The quantitative estimate of drug-likeness (QED) is 0.666. The maximum absolute atomic E-state index is 12.1. The number of ether oxygens (including phenoxy) is 1. The molecule has 25 heavy (non-hydrogen) atoms. The number of hydrogen-bond donors (Lipinski definition) is 2. The predicted octanol–water partition coefficient (Wildman–Crippen LogP) is 2.90. The minimum absolute atomic E-state index is 0.217. The van der Waals surface area contributed by atoms with Crippen LogP contribution in [-0.2, 0) is 11.2 Å². The molecule has 0 bridgehead atoms. The highest BCUT2D eigenvalue weighted by atomic mass is 32.1. The number of carbonyl (C=O) groups excluding carboxylic acids is 2. The summed E-state index contributed by atoms with van der Waals surface area (Å²) in [6, 6.07) is 12.8. The predicted molar refractivity (Wildman–Crippen MR) is 95.7 cm³/mol. The van der Waals surface area contributed by atoms with E-state index in [4.69, 9.17) is 0 Å². The lowest BCUT2D eigenvalue weighted by molar-refractivity contribution is 0.0600. The fourth-order valence-corrected chi connectivity index (χ4v) is 3.02. The maximum Gasteiger partial charge on any atom is 0.337 e. The number of hydrogen-bond acceptors (Lipinski definition) is 5. The first-order valence-corrected chi connectivity index (χ1v) is 8.60. The summed E-state index contributed by atoms with van der Waals surface area (Å²) >= 11 is 1.59. The van der Waals surface area contributed by atoms with Gasteiger partial charge in [0, 0.05) is 6.54 Å². The lowest BCUT2D eigenvalue weighted by Gasteiger charge is -2.04. The van der Waals surface area contributed by atoms with Gasteiger partial charge in [-0.1, -0.05) is 18.2 Å². The molecule has 128 valence electrons. The van der Waals surface area contributed by atoms with Gasteiger partial charge >= 0.3 is 5.97 Å². The standard InChI is InChI=1S/C18H17N3O3S/c1-24-18(23)13-6-4-12(5-7-13)8-9-19-17(22)15-11-14(20-21-15)16-3-2-10-25-16/h2-7,10-11H,8-9H2,1H3,(H,19,22)(H,20,21). The van der Waals surface area contributed by atoms with E-state index in [1.165, 1.54) is 7.11 Å². The lowest BCUT2D eigenvalue weighted by atomic mass is 10.1. The Hall–Kier alpha value is -2.93. The molecule has 0 atom stereocenters. The second-order valence-corrected chi connectivity index (χ2v) is 6.29. The number of esters is 1. The molecule has 0 aliphatic heterocycles. The number of aromatic nitrogens is 2.